The van der Waals surface area contributed by atoms with Crippen molar-refractivity contribution in [2.45, 2.75) is 51.3 Å². The smallest absolute Gasteiger partial charge is 0.362 e. The summed E-state index contributed by atoms with van der Waals surface area (Å²) in [6, 6.07) is -2.19. The number of β-lactam (4-membered cyclic amide) rings is 1. The largest absolute Gasteiger partial charge is 0.381 e. The molecule has 0 unspecified atom stereocenters. The lowest BCUT2D eigenvalue weighted by atomic mass is 10.00. The predicted molar refractivity (Wildman–Crippen MR) is 108 cm³/mol. The first-order chi connectivity index (χ1) is 14.0. The summed E-state index contributed by atoms with van der Waals surface area (Å²) in [6.45, 7) is 4.81. The topological polar surface area (TPSA) is 167 Å². The molecule has 30 heavy (non-hydrogen) atoms. The number of carbonyl (C=O) groups is 3. The highest BCUT2D eigenvalue weighted by molar-refractivity contribution is 7.84. The number of hydrogen-bond acceptors (Lipinski definition) is 10. The third-order valence-corrected chi connectivity index (χ3v) is 6.65. The van der Waals surface area contributed by atoms with Gasteiger partial charge in [0.15, 0.2) is 22.7 Å². The van der Waals surface area contributed by atoms with Gasteiger partial charge in [-0.05, 0) is 19.8 Å². The van der Waals surface area contributed by atoms with Crippen LogP contribution in [0.15, 0.2) is 10.5 Å². The summed E-state index contributed by atoms with van der Waals surface area (Å²) >= 11 is 1.19. The Morgan fingerprint density at radius 3 is 2.53 bits per heavy atom. The molecule has 0 radical (unpaired) electrons. The number of oxime groups is 1. The zero-order chi connectivity index (χ0) is 22.7. The molecule has 0 spiro atoms. The predicted octanol–water partition coefficient (Wildman–Crippen LogP) is 0.182. The Labute approximate surface area is 177 Å². The maximum absolute atomic E-state index is 12.8. The standard InChI is InChI=1S/C16H23N5O7S2/c1-5-16(6-2,8-22)28-20-12(10-7-29-15(17-4)18-10)13(23)19-11-9(3)21(14(11)24)30(25,26)27/h7-9,11H,5-6H2,1-4H3,(H,17,18)(H,19,23)(H,25,26,27)/b20-12-/t9-,11-/m0/s1. The number of carbonyl (C=O) groups excluding carboxylic acids is 3. The maximum atomic E-state index is 12.8. The fraction of sp³-hybridized carbons (Fsp3) is 0.562. The molecule has 0 bridgehead atoms. The lowest BCUT2D eigenvalue weighted by molar-refractivity contribution is -0.144. The van der Waals surface area contributed by atoms with E-state index in [4.69, 9.17) is 9.39 Å². The number of thiazole rings is 1. The highest BCUT2D eigenvalue weighted by atomic mass is 32.2. The van der Waals surface area contributed by atoms with E-state index in [2.05, 4.69) is 20.8 Å². The van der Waals surface area contributed by atoms with E-state index in [9.17, 15) is 22.8 Å². The third-order valence-electron chi connectivity index (χ3n) is 4.78. The van der Waals surface area contributed by atoms with Gasteiger partial charge in [-0.15, -0.1) is 11.3 Å². The van der Waals surface area contributed by atoms with Crippen LogP contribution in [0.3, 0.4) is 0 Å². The number of aromatic nitrogens is 1. The lowest BCUT2D eigenvalue weighted by Gasteiger charge is -2.42. The second-order valence-corrected chi connectivity index (χ2v) is 8.66. The average Bonchev–Trinajstić information content (AvgIpc) is 3.17. The second kappa shape index (κ2) is 9.06. The minimum absolute atomic E-state index is 0.139. The van der Waals surface area contributed by atoms with Crippen molar-refractivity contribution < 1.29 is 32.2 Å². The van der Waals surface area contributed by atoms with Gasteiger partial charge in [0, 0.05) is 12.4 Å². The Hall–Kier alpha value is -2.58. The maximum Gasteiger partial charge on any atom is 0.362 e. The highest BCUT2D eigenvalue weighted by Crippen LogP contribution is 2.24. The molecule has 0 saturated carbocycles. The molecule has 1 saturated heterocycles. The quantitative estimate of drug-likeness (QED) is 0.145. The van der Waals surface area contributed by atoms with Crippen LogP contribution in [0, 0.1) is 0 Å². The molecule has 2 atom stereocenters. The van der Waals surface area contributed by atoms with Crippen LogP contribution in [0.1, 0.15) is 39.3 Å². The van der Waals surface area contributed by atoms with E-state index in [0.717, 1.165) is 0 Å². The van der Waals surface area contributed by atoms with Gasteiger partial charge in [0.1, 0.15) is 11.7 Å². The molecule has 3 N–H and O–H groups in total. The van der Waals surface area contributed by atoms with E-state index >= 15 is 0 Å². The lowest BCUT2D eigenvalue weighted by Crippen LogP contribution is -2.71. The number of amides is 2. The minimum Gasteiger partial charge on any atom is -0.381 e. The summed E-state index contributed by atoms with van der Waals surface area (Å²) < 4.78 is 31.8. The molecule has 1 aromatic rings. The van der Waals surface area contributed by atoms with Crippen LogP contribution in [-0.4, -0.2) is 70.8 Å². The van der Waals surface area contributed by atoms with Gasteiger partial charge in [0.2, 0.25) is 0 Å². The summed E-state index contributed by atoms with van der Waals surface area (Å²) in [6.07, 6.45) is 1.23. The highest BCUT2D eigenvalue weighted by Gasteiger charge is 2.51. The number of anilines is 1. The zero-order valence-corrected chi connectivity index (χ0v) is 18.4. The molecule has 2 amide bonds. The first kappa shape index (κ1) is 23.7. The van der Waals surface area contributed by atoms with Gasteiger partial charge in [-0.2, -0.15) is 8.42 Å². The van der Waals surface area contributed by atoms with E-state index in [1.807, 2.05) is 0 Å². The number of nitrogens with one attached hydrogen (secondary N) is 2. The molecule has 166 valence electrons. The van der Waals surface area contributed by atoms with Crippen molar-refractivity contribution in [3.63, 3.8) is 0 Å². The molecule has 1 aromatic heterocycles. The Kier molecular flexibility index (Phi) is 7.15. The third kappa shape index (κ3) is 4.60. The van der Waals surface area contributed by atoms with E-state index in [-0.39, 0.29) is 15.7 Å². The molecule has 0 aromatic carbocycles. The summed E-state index contributed by atoms with van der Waals surface area (Å²) in [5.41, 5.74) is -1.37. The number of hydrogen-bond donors (Lipinski definition) is 3. The molecule has 12 nitrogen and oxygen atoms in total. The van der Waals surface area contributed by atoms with Gasteiger partial charge in [0.25, 0.3) is 11.8 Å². The Bertz CT molecular complexity index is 955. The SMILES string of the molecule is CCC(C=O)(CC)O/N=C(\C(=O)N[C@@H]1C(=O)N(S(=O)(=O)O)[C@H]1C)c1csc(NC)n1. The van der Waals surface area contributed by atoms with Crippen LogP contribution in [-0.2, 0) is 29.5 Å². The fourth-order valence-corrected chi connectivity index (χ4v) is 4.26. The summed E-state index contributed by atoms with van der Waals surface area (Å²) in [5, 5.41) is 11.1. The van der Waals surface area contributed by atoms with Crippen molar-refractivity contribution in [3.05, 3.63) is 11.1 Å². The first-order valence-electron chi connectivity index (χ1n) is 9.01. The monoisotopic (exact) mass is 461 g/mol. The molecule has 0 aliphatic carbocycles. The van der Waals surface area contributed by atoms with Crippen molar-refractivity contribution in [3.8, 4) is 0 Å². The van der Waals surface area contributed by atoms with Crippen molar-refractivity contribution in [2.75, 3.05) is 12.4 Å². The van der Waals surface area contributed by atoms with E-state index in [1.165, 1.54) is 23.6 Å². The van der Waals surface area contributed by atoms with Crippen molar-refractivity contribution in [1.29, 1.82) is 0 Å². The summed E-state index contributed by atoms with van der Waals surface area (Å²) in [7, 11) is -3.09. The molecular formula is C16H23N5O7S2. The Morgan fingerprint density at radius 2 is 2.10 bits per heavy atom. The van der Waals surface area contributed by atoms with E-state index < -0.39 is 39.8 Å². The normalized spacial score (nSPS) is 19.8. The number of rotatable bonds is 10. The molecule has 1 aliphatic rings. The van der Waals surface area contributed by atoms with E-state index in [1.54, 1.807) is 20.9 Å². The van der Waals surface area contributed by atoms with Gasteiger partial charge in [-0.1, -0.05) is 19.0 Å². The van der Waals surface area contributed by atoms with Crippen LogP contribution in [0.2, 0.25) is 0 Å². The van der Waals surface area contributed by atoms with Crippen LogP contribution in [0.5, 0.6) is 0 Å². The van der Waals surface area contributed by atoms with Gasteiger partial charge in [-0.25, -0.2) is 9.29 Å². The summed E-state index contributed by atoms with van der Waals surface area (Å²) in [5.74, 6) is -1.84. The molecule has 2 rings (SSSR count). The number of nitrogens with zero attached hydrogens (tertiary/aromatic N) is 3. The Morgan fingerprint density at radius 1 is 1.47 bits per heavy atom. The molecule has 1 fully saturated rings. The van der Waals surface area contributed by atoms with Crippen molar-refractivity contribution in [2.24, 2.45) is 5.16 Å². The van der Waals surface area contributed by atoms with Crippen LogP contribution in [0.25, 0.3) is 0 Å². The van der Waals surface area contributed by atoms with Crippen LogP contribution in [0.4, 0.5) is 5.13 Å². The average molecular weight is 462 g/mol. The second-order valence-electron chi connectivity index (χ2n) is 6.51. The molecule has 2 heterocycles. The minimum atomic E-state index is -4.73. The van der Waals surface area contributed by atoms with Gasteiger partial charge >= 0.3 is 10.3 Å². The van der Waals surface area contributed by atoms with Gasteiger partial charge < -0.3 is 15.5 Å². The molecule has 14 heteroatoms. The molecule has 1 aliphatic heterocycles. The molecular weight excluding hydrogens is 438 g/mol. The number of aldehydes is 1. The fourth-order valence-electron chi connectivity index (χ4n) is 2.72. The van der Waals surface area contributed by atoms with E-state index in [0.29, 0.717) is 24.3 Å². The van der Waals surface area contributed by atoms with Crippen LogP contribution < -0.4 is 10.6 Å². The summed E-state index contributed by atoms with van der Waals surface area (Å²) in [4.78, 5) is 45.9. The first-order valence-corrected chi connectivity index (χ1v) is 11.3. The van der Waals surface area contributed by atoms with Crippen molar-refractivity contribution >= 4 is 50.6 Å². The van der Waals surface area contributed by atoms with Crippen molar-refractivity contribution in [1.82, 2.24) is 14.6 Å². The van der Waals surface area contributed by atoms with Gasteiger partial charge in [-0.3, -0.25) is 18.9 Å². The van der Waals surface area contributed by atoms with Crippen LogP contribution >= 0.6 is 11.3 Å². The zero-order valence-electron chi connectivity index (χ0n) is 16.8. The Balaban J connectivity index is 2.31. The van der Waals surface area contributed by atoms with Gasteiger partial charge in [0.05, 0.1) is 6.04 Å².